The zero-order chi connectivity index (χ0) is 23.9. The minimum Gasteiger partial charge on any atom is -0.338 e. The van der Waals surface area contributed by atoms with Crippen LogP contribution in [0.2, 0.25) is 0 Å². The van der Waals surface area contributed by atoms with Crippen LogP contribution in [-0.4, -0.2) is 52.9 Å². The van der Waals surface area contributed by atoms with Gasteiger partial charge in [0.15, 0.2) is 0 Å². The highest BCUT2D eigenvalue weighted by molar-refractivity contribution is 7.88. The Morgan fingerprint density at radius 2 is 1.85 bits per heavy atom. The van der Waals surface area contributed by atoms with Crippen LogP contribution in [-0.2, 0) is 15.8 Å². The summed E-state index contributed by atoms with van der Waals surface area (Å²) in [6, 6.07) is 14.4. The fourth-order valence-corrected chi connectivity index (χ4v) is 6.60. The van der Waals surface area contributed by atoms with Gasteiger partial charge in [0.2, 0.25) is 16.0 Å². The molecule has 9 heteroatoms. The number of fused-ring (bicyclic) bond motifs is 2. The molecule has 1 fully saturated rings. The van der Waals surface area contributed by atoms with Crippen molar-refractivity contribution in [3.8, 4) is 11.3 Å². The van der Waals surface area contributed by atoms with Crippen molar-refractivity contribution in [1.29, 1.82) is 0 Å². The van der Waals surface area contributed by atoms with Crippen LogP contribution in [0.1, 0.15) is 18.9 Å². The van der Waals surface area contributed by atoms with E-state index in [1.54, 1.807) is 21.3 Å². The smallest absolute Gasteiger partial charge is 0.259 e. The van der Waals surface area contributed by atoms with Gasteiger partial charge in [-0.1, -0.05) is 36.9 Å². The monoisotopic (exact) mass is 477 g/mol. The molecule has 0 bridgehead atoms. The number of benzene rings is 1. The van der Waals surface area contributed by atoms with Gasteiger partial charge in [-0.2, -0.15) is 0 Å². The Kier molecular flexibility index (Phi) is 5.83. The first kappa shape index (κ1) is 22.5. The van der Waals surface area contributed by atoms with Crippen LogP contribution < -0.4 is 10.5 Å². The number of hydrogen-bond acceptors (Lipinski definition) is 6. The molecule has 4 heterocycles. The van der Waals surface area contributed by atoms with Crippen LogP contribution in [0.3, 0.4) is 0 Å². The third kappa shape index (κ3) is 3.95. The second kappa shape index (κ2) is 8.81. The largest absolute Gasteiger partial charge is 0.338 e. The summed E-state index contributed by atoms with van der Waals surface area (Å²) in [6.07, 6.45) is 3.99. The van der Waals surface area contributed by atoms with Gasteiger partial charge in [-0.15, -0.1) is 0 Å². The molecule has 0 saturated carbocycles. The van der Waals surface area contributed by atoms with E-state index in [2.05, 4.69) is 16.5 Å². The van der Waals surface area contributed by atoms with Crippen LogP contribution in [0.25, 0.3) is 17.0 Å². The third-order valence-corrected chi connectivity index (χ3v) is 8.53. The lowest BCUT2D eigenvalue weighted by Crippen LogP contribution is -2.57. The zero-order valence-electron chi connectivity index (χ0n) is 19.0. The Balaban J connectivity index is 1.48. The molecule has 0 amide bonds. The number of anilines is 1. The number of nitrogens with zero attached hydrogens (tertiary/aromatic N) is 5. The Labute approximate surface area is 199 Å². The van der Waals surface area contributed by atoms with Gasteiger partial charge in [0.25, 0.3) is 5.56 Å². The Morgan fingerprint density at radius 1 is 1.12 bits per heavy atom. The van der Waals surface area contributed by atoms with Gasteiger partial charge < -0.3 is 4.90 Å². The first-order valence-electron chi connectivity index (χ1n) is 11.4. The Bertz CT molecular complexity index is 1370. The third-order valence-electron chi connectivity index (χ3n) is 6.71. The van der Waals surface area contributed by atoms with Gasteiger partial charge in [-0.25, -0.2) is 17.7 Å². The van der Waals surface area contributed by atoms with Gasteiger partial charge in [0, 0.05) is 61.3 Å². The maximum Gasteiger partial charge on any atom is 0.259 e. The molecule has 176 valence electrons. The van der Waals surface area contributed by atoms with E-state index in [1.807, 2.05) is 49.4 Å². The summed E-state index contributed by atoms with van der Waals surface area (Å²) >= 11 is 0. The molecular formula is C25H27N5O3S. The molecule has 2 aromatic heterocycles. The normalized spacial score (nSPS) is 20.6. The molecule has 0 aliphatic carbocycles. The van der Waals surface area contributed by atoms with Crippen molar-refractivity contribution in [1.82, 2.24) is 18.8 Å². The molecule has 3 aromatic rings. The van der Waals surface area contributed by atoms with Crippen LogP contribution >= 0.6 is 0 Å². The molecule has 0 spiro atoms. The lowest BCUT2D eigenvalue weighted by atomic mass is 9.87. The first-order valence-corrected chi connectivity index (χ1v) is 13.0. The SMILES string of the molecule is C=C1C2CN(S(=O)(=O)Cc3ccccc3)CCC2N(CC)c2nc(-c3ccncc3)cc(=O)n21. The van der Waals surface area contributed by atoms with Crippen molar-refractivity contribution in [2.24, 2.45) is 5.92 Å². The summed E-state index contributed by atoms with van der Waals surface area (Å²) in [5.41, 5.74) is 2.55. The van der Waals surface area contributed by atoms with Gasteiger partial charge in [0.1, 0.15) is 0 Å². The first-order chi connectivity index (χ1) is 16.4. The van der Waals surface area contributed by atoms with Crippen LogP contribution in [0.4, 0.5) is 5.95 Å². The van der Waals surface area contributed by atoms with E-state index in [4.69, 9.17) is 4.98 Å². The molecule has 0 radical (unpaired) electrons. The summed E-state index contributed by atoms with van der Waals surface area (Å²) in [5, 5.41) is 0. The van der Waals surface area contributed by atoms with Crippen LogP contribution in [0.5, 0.6) is 0 Å². The minimum absolute atomic E-state index is 0.0280. The molecule has 1 saturated heterocycles. The number of aromatic nitrogens is 3. The number of rotatable bonds is 5. The van der Waals surface area contributed by atoms with Gasteiger partial charge in [0.05, 0.1) is 11.4 Å². The molecule has 8 nitrogen and oxygen atoms in total. The summed E-state index contributed by atoms with van der Waals surface area (Å²) in [5.74, 6) is 0.328. The van der Waals surface area contributed by atoms with Gasteiger partial charge >= 0.3 is 0 Å². The Hall–Kier alpha value is -3.30. The zero-order valence-corrected chi connectivity index (χ0v) is 19.9. The van der Waals surface area contributed by atoms with Gasteiger partial charge in [-0.05, 0) is 31.0 Å². The summed E-state index contributed by atoms with van der Waals surface area (Å²) < 4.78 is 29.5. The molecule has 2 unspecified atom stereocenters. The summed E-state index contributed by atoms with van der Waals surface area (Å²) in [7, 11) is -3.50. The Morgan fingerprint density at radius 3 is 2.56 bits per heavy atom. The highest BCUT2D eigenvalue weighted by atomic mass is 32.2. The molecule has 1 aromatic carbocycles. The second-order valence-corrected chi connectivity index (χ2v) is 10.7. The molecule has 2 atom stereocenters. The van der Waals surface area contributed by atoms with Crippen molar-refractivity contribution in [3.63, 3.8) is 0 Å². The van der Waals surface area contributed by atoms with E-state index in [1.165, 1.54) is 6.07 Å². The van der Waals surface area contributed by atoms with Crippen LogP contribution in [0, 0.1) is 5.92 Å². The lowest BCUT2D eigenvalue weighted by Gasteiger charge is -2.48. The predicted molar refractivity (Wildman–Crippen MR) is 133 cm³/mol. The quantitative estimate of drug-likeness (QED) is 0.562. The van der Waals surface area contributed by atoms with Crippen molar-refractivity contribution in [3.05, 3.63) is 83.4 Å². The summed E-state index contributed by atoms with van der Waals surface area (Å²) in [4.78, 5) is 24.2. The average molecular weight is 478 g/mol. The number of piperidine rings is 1. The molecule has 34 heavy (non-hydrogen) atoms. The molecule has 2 aliphatic heterocycles. The van der Waals surface area contributed by atoms with Crippen molar-refractivity contribution < 1.29 is 8.42 Å². The maximum absolute atomic E-state index is 13.2. The highest BCUT2D eigenvalue weighted by Gasteiger charge is 2.43. The fourth-order valence-electron chi connectivity index (χ4n) is 5.03. The minimum atomic E-state index is -3.50. The molecule has 0 N–H and O–H groups in total. The van der Waals surface area contributed by atoms with Crippen molar-refractivity contribution in [2.75, 3.05) is 24.5 Å². The molecule has 5 rings (SSSR count). The maximum atomic E-state index is 13.2. The fraction of sp³-hybridized carbons (Fsp3) is 0.320. The average Bonchev–Trinajstić information content (AvgIpc) is 2.84. The predicted octanol–water partition coefficient (Wildman–Crippen LogP) is 2.84. The van der Waals surface area contributed by atoms with E-state index in [9.17, 15) is 13.2 Å². The van der Waals surface area contributed by atoms with Crippen LogP contribution in [0.15, 0.2) is 72.3 Å². The second-order valence-electron chi connectivity index (χ2n) is 8.69. The number of sulfonamides is 1. The van der Waals surface area contributed by atoms with E-state index >= 15 is 0 Å². The van der Waals surface area contributed by atoms with Crippen molar-refractivity contribution >= 4 is 21.7 Å². The standard InChI is InChI=1S/C25H27N5O3S/c1-3-29-23-11-14-28(34(32,33)17-19-7-5-4-6-8-19)16-21(23)18(2)30-24(31)15-22(27-25(29)30)20-9-12-26-13-10-20/h4-10,12-13,15,21,23H,2-3,11,14,16-17H2,1H3. The lowest BCUT2D eigenvalue weighted by molar-refractivity contribution is 0.253. The summed E-state index contributed by atoms with van der Waals surface area (Å²) in [6.45, 7) is 7.64. The van der Waals surface area contributed by atoms with Crippen molar-refractivity contribution in [2.45, 2.75) is 25.1 Å². The number of pyridine rings is 1. The topological polar surface area (TPSA) is 88.4 Å². The van der Waals surface area contributed by atoms with E-state index in [0.717, 1.165) is 11.1 Å². The molecular weight excluding hydrogens is 450 g/mol. The highest BCUT2D eigenvalue weighted by Crippen LogP contribution is 2.38. The van der Waals surface area contributed by atoms with Gasteiger partial charge in [-0.3, -0.25) is 14.3 Å². The molecule has 2 aliphatic rings. The van der Waals surface area contributed by atoms with E-state index in [0.29, 0.717) is 43.4 Å². The van der Waals surface area contributed by atoms with E-state index < -0.39 is 10.0 Å². The number of hydrogen-bond donors (Lipinski definition) is 0. The van der Waals surface area contributed by atoms with E-state index in [-0.39, 0.29) is 23.3 Å².